The number of unbranched alkanes of at least 4 members (excludes halogenated alkanes) is 2. The Balaban J connectivity index is 0.818. The number of hydrogen-bond acceptors (Lipinski definition) is 10. The Morgan fingerprint density at radius 1 is 0.579 bits per heavy atom. The first-order valence-corrected chi connectivity index (χ1v) is 22.6. The first-order valence-electron chi connectivity index (χ1n) is 21.5. The molecule has 2 saturated carbocycles. The van der Waals surface area contributed by atoms with Gasteiger partial charge in [0.2, 0.25) is 5.79 Å². The molecule has 0 amide bonds. The number of hydrogen-bond donors (Lipinski definition) is 0. The van der Waals surface area contributed by atoms with E-state index in [4.69, 9.17) is 42.9 Å². The third kappa shape index (κ3) is 6.76. The number of thioether (sulfide) groups is 1. The van der Waals surface area contributed by atoms with Gasteiger partial charge >= 0.3 is 12.4 Å². The van der Waals surface area contributed by atoms with Crippen molar-refractivity contribution in [2.75, 3.05) is 31.3 Å². The summed E-state index contributed by atoms with van der Waals surface area (Å²) in [5, 5.41) is 0. The Morgan fingerprint density at radius 3 is 1.74 bits per heavy atom. The number of halogens is 6. The summed E-state index contributed by atoms with van der Waals surface area (Å²) in [5.74, 6) is -8.76. The van der Waals surface area contributed by atoms with Crippen molar-refractivity contribution in [1.82, 2.24) is 0 Å². The van der Waals surface area contributed by atoms with Crippen molar-refractivity contribution >= 4 is 11.8 Å². The molecule has 10 rings (SSSR count). The standard InChI is InChI=1S/C41H62F6O9S/c1-24-11-13-30-26(3)38(40(42,43)44,53-32-36(30)23-50-34(5,51-32)17-15-28(24)36)48-19-7-9-21-57-22-10-8-20-49-39(41(45,46)47)27(4)31-14-12-25(2)29-16-18-35(6)52-33(54-39)37(29,31)56-55-35/h24-33H,7-23H2,1-6H3/t24-,25-,26-,27-,28+,29+,30+,31+,32+,33+,34-,35+,36+,37-,38-,39-/m1/s1. The van der Waals surface area contributed by atoms with Crippen molar-refractivity contribution in [3.05, 3.63) is 0 Å². The fourth-order valence-electron chi connectivity index (χ4n) is 12.7. The summed E-state index contributed by atoms with van der Waals surface area (Å²) in [6, 6.07) is 0. The van der Waals surface area contributed by atoms with E-state index in [1.165, 1.54) is 0 Å². The summed E-state index contributed by atoms with van der Waals surface area (Å²) in [6.07, 6.45) is -4.56. The molecule has 0 aromatic rings. The lowest BCUT2D eigenvalue weighted by molar-refractivity contribution is -0.598. The molecule has 57 heavy (non-hydrogen) atoms. The maximum absolute atomic E-state index is 15.1. The fourth-order valence-corrected chi connectivity index (χ4v) is 13.7. The first kappa shape index (κ1) is 43.2. The summed E-state index contributed by atoms with van der Waals surface area (Å²) in [4.78, 5) is 11.8. The van der Waals surface area contributed by atoms with Crippen LogP contribution in [0.4, 0.5) is 26.3 Å². The van der Waals surface area contributed by atoms with Gasteiger partial charge in [-0.2, -0.15) is 38.1 Å². The molecule has 2 aliphatic carbocycles. The average molecular weight is 845 g/mol. The van der Waals surface area contributed by atoms with E-state index >= 15 is 26.3 Å². The van der Waals surface area contributed by atoms with Crippen molar-refractivity contribution < 1.29 is 69.3 Å². The molecule has 16 heteroatoms. The van der Waals surface area contributed by atoms with Crippen LogP contribution >= 0.6 is 11.8 Å². The summed E-state index contributed by atoms with van der Waals surface area (Å²) < 4.78 is 133. The van der Waals surface area contributed by atoms with E-state index in [1.807, 2.05) is 0 Å². The molecule has 8 heterocycles. The highest BCUT2D eigenvalue weighted by Gasteiger charge is 2.78. The van der Waals surface area contributed by atoms with Crippen LogP contribution < -0.4 is 0 Å². The van der Waals surface area contributed by atoms with Crippen LogP contribution in [0.1, 0.15) is 119 Å². The molecular formula is C41H62F6O9S. The van der Waals surface area contributed by atoms with E-state index < -0.39 is 76.9 Å². The third-order valence-corrected chi connectivity index (χ3v) is 17.0. The lowest BCUT2D eigenvalue weighted by Gasteiger charge is -2.64. The molecule has 0 N–H and O–H groups in total. The molecule has 0 unspecified atom stereocenters. The van der Waals surface area contributed by atoms with Crippen LogP contribution in [0.25, 0.3) is 0 Å². The lowest BCUT2D eigenvalue weighted by atomic mass is 9.51. The molecular weight excluding hydrogens is 782 g/mol. The van der Waals surface area contributed by atoms with Crippen LogP contribution in [-0.2, 0) is 42.9 Å². The molecule has 4 bridgehead atoms. The summed E-state index contributed by atoms with van der Waals surface area (Å²) in [7, 11) is 0. The van der Waals surface area contributed by atoms with Gasteiger partial charge in [0.15, 0.2) is 24.0 Å². The van der Waals surface area contributed by atoms with E-state index in [-0.39, 0.29) is 36.9 Å². The van der Waals surface area contributed by atoms with Gasteiger partial charge in [-0.25, -0.2) is 9.78 Å². The van der Waals surface area contributed by atoms with E-state index in [1.54, 1.807) is 39.5 Å². The van der Waals surface area contributed by atoms with Gasteiger partial charge in [-0.15, -0.1) is 0 Å². The molecule has 2 spiro atoms. The molecule has 0 aromatic carbocycles. The zero-order chi connectivity index (χ0) is 40.9. The largest absolute Gasteiger partial charge is 0.443 e. The highest BCUT2D eigenvalue weighted by molar-refractivity contribution is 7.99. The summed E-state index contributed by atoms with van der Waals surface area (Å²) >= 11 is 1.61. The monoisotopic (exact) mass is 844 g/mol. The Kier molecular flexibility index (Phi) is 11.5. The quantitative estimate of drug-likeness (QED) is 0.108. The molecule has 9 nitrogen and oxygen atoms in total. The van der Waals surface area contributed by atoms with Crippen molar-refractivity contribution in [2.24, 2.45) is 52.8 Å². The van der Waals surface area contributed by atoms with Gasteiger partial charge < -0.3 is 33.2 Å². The van der Waals surface area contributed by atoms with E-state index in [0.717, 1.165) is 19.3 Å². The molecule has 10 fully saturated rings. The topological polar surface area (TPSA) is 83.1 Å². The van der Waals surface area contributed by atoms with Crippen molar-refractivity contribution in [2.45, 2.75) is 172 Å². The first-order chi connectivity index (χ1) is 26.8. The van der Waals surface area contributed by atoms with Crippen LogP contribution in [0.3, 0.4) is 0 Å². The molecule has 0 aromatic heterocycles. The van der Waals surface area contributed by atoms with Crippen LogP contribution in [-0.4, -0.2) is 85.0 Å². The maximum Gasteiger partial charge on any atom is 0.443 e. The summed E-state index contributed by atoms with van der Waals surface area (Å²) in [5.41, 5.74) is -1.78. The van der Waals surface area contributed by atoms with Gasteiger partial charge in [-0.05, 0) is 113 Å². The lowest BCUT2D eigenvalue weighted by Crippen LogP contribution is -2.76. The molecule has 8 saturated heterocycles. The van der Waals surface area contributed by atoms with Crippen LogP contribution in [0.15, 0.2) is 0 Å². The van der Waals surface area contributed by atoms with Crippen LogP contribution in [0, 0.1) is 52.8 Å². The molecule has 328 valence electrons. The number of rotatable bonds is 12. The average Bonchev–Trinajstić information content (AvgIpc) is 3.51. The Bertz CT molecular complexity index is 1360. The second-order valence-electron chi connectivity index (χ2n) is 19.1. The smallest absolute Gasteiger partial charge is 0.349 e. The molecule has 8 aliphatic heterocycles. The number of ether oxygens (including phenoxy) is 7. The Labute approximate surface area is 336 Å². The second kappa shape index (κ2) is 15.1. The van der Waals surface area contributed by atoms with Crippen LogP contribution in [0.5, 0.6) is 0 Å². The van der Waals surface area contributed by atoms with Gasteiger partial charge in [0.25, 0.3) is 11.6 Å². The minimum Gasteiger partial charge on any atom is -0.349 e. The molecule has 16 atom stereocenters. The van der Waals surface area contributed by atoms with Gasteiger partial charge in [0, 0.05) is 30.6 Å². The van der Waals surface area contributed by atoms with Gasteiger partial charge in [0.05, 0.1) is 25.2 Å². The van der Waals surface area contributed by atoms with E-state index in [0.29, 0.717) is 81.8 Å². The van der Waals surface area contributed by atoms with E-state index in [9.17, 15) is 0 Å². The van der Waals surface area contributed by atoms with Crippen molar-refractivity contribution in [1.29, 1.82) is 0 Å². The molecule has 0 radical (unpaired) electrons. The highest BCUT2D eigenvalue weighted by Crippen LogP contribution is 2.68. The Morgan fingerprint density at radius 2 is 1.11 bits per heavy atom. The Hall–Kier alpha value is -0.430. The van der Waals surface area contributed by atoms with Gasteiger partial charge in [-0.1, -0.05) is 34.1 Å². The van der Waals surface area contributed by atoms with Crippen molar-refractivity contribution in [3.8, 4) is 0 Å². The van der Waals surface area contributed by atoms with Gasteiger partial charge in [0.1, 0.15) is 0 Å². The normalized spacial score (nSPS) is 50.5. The SMILES string of the molecule is C[C@@H]1CC[C@H]2[C@@H](C)[C@](OCCCCSCCCCO[C@@]3(C(F)(F)F)O[C@@H]4O[C@]5(C)CC[C@H]6[C@H](C)CC[C@@H]([C@H]3C)[C@@]46OO5)(C(F)(F)F)O[C@@H]3O[C@]4(C)CC[C@@H]1[C@]32CO4. The van der Waals surface area contributed by atoms with Crippen LogP contribution in [0.2, 0.25) is 0 Å². The zero-order valence-electron chi connectivity index (χ0n) is 34.1. The third-order valence-electron chi connectivity index (χ3n) is 15.9. The molecule has 10 aliphatic rings. The minimum atomic E-state index is -4.82. The predicted molar refractivity (Wildman–Crippen MR) is 195 cm³/mol. The second-order valence-corrected chi connectivity index (χ2v) is 20.3. The zero-order valence-corrected chi connectivity index (χ0v) is 35.0. The van der Waals surface area contributed by atoms with Gasteiger partial charge in [-0.3, -0.25) is 0 Å². The maximum atomic E-state index is 15.1. The summed E-state index contributed by atoms with van der Waals surface area (Å²) in [6.45, 7) is 11.0. The van der Waals surface area contributed by atoms with E-state index in [2.05, 4.69) is 13.8 Å². The number of fused-ring (bicyclic) bond motifs is 4. The number of alkyl halides is 6. The minimum absolute atomic E-state index is 0.0703. The van der Waals surface area contributed by atoms with Crippen molar-refractivity contribution in [3.63, 3.8) is 0 Å². The fraction of sp³-hybridized carbons (Fsp3) is 1.00. The predicted octanol–water partition coefficient (Wildman–Crippen LogP) is 9.91. The highest BCUT2D eigenvalue weighted by atomic mass is 32.2.